The molecular weight excluding hydrogens is 234 g/mol. The predicted octanol–water partition coefficient (Wildman–Crippen LogP) is 4.89. The van der Waals surface area contributed by atoms with Crippen molar-refractivity contribution in [1.82, 2.24) is 0 Å². The molecule has 2 rings (SSSR count). The third kappa shape index (κ3) is 3.57. The number of hydrogen-bond acceptors (Lipinski definition) is 2. The summed E-state index contributed by atoms with van der Waals surface area (Å²) in [5, 5.41) is 0. The van der Waals surface area contributed by atoms with E-state index in [0.717, 1.165) is 17.1 Å². The highest BCUT2D eigenvalue weighted by Gasteiger charge is 2.06. The van der Waals surface area contributed by atoms with Gasteiger partial charge in [0, 0.05) is 6.21 Å². The topological polar surface area (TPSA) is 25.5 Å². The standard InChI is InChI=1S/C17H21NO/c1-12(2)16-8-6-15(7-9-16)11-18-14(4)17-10-5-13(3)19-17/h5-12,14H,1-4H3/t14-/m0/s1. The van der Waals surface area contributed by atoms with E-state index in [1.54, 1.807) is 0 Å². The summed E-state index contributed by atoms with van der Waals surface area (Å²) >= 11 is 0. The molecule has 0 bridgehead atoms. The fourth-order valence-corrected chi connectivity index (χ4v) is 1.92. The first-order valence-corrected chi connectivity index (χ1v) is 6.75. The highest BCUT2D eigenvalue weighted by atomic mass is 16.3. The van der Waals surface area contributed by atoms with E-state index < -0.39 is 0 Å². The van der Waals surface area contributed by atoms with Crippen LogP contribution in [0.25, 0.3) is 0 Å². The van der Waals surface area contributed by atoms with Crippen LogP contribution in [0.3, 0.4) is 0 Å². The fourth-order valence-electron chi connectivity index (χ4n) is 1.92. The number of aliphatic imine (C=N–C) groups is 1. The normalized spacial score (nSPS) is 13.3. The van der Waals surface area contributed by atoms with Gasteiger partial charge in [-0.2, -0.15) is 0 Å². The molecular formula is C17H21NO. The Morgan fingerprint density at radius 2 is 1.68 bits per heavy atom. The van der Waals surface area contributed by atoms with Crippen molar-refractivity contribution in [3.05, 3.63) is 59.0 Å². The molecule has 19 heavy (non-hydrogen) atoms. The third-order valence-electron chi connectivity index (χ3n) is 3.22. The van der Waals surface area contributed by atoms with Gasteiger partial charge in [0.2, 0.25) is 0 Å². The molecule has 0 amide bonds. The van der Waals surface area contributed by atoms with E-state index in [4.69, 9.17) is 4.42 Å². The van der Waals surface area contributed by atoms with E-state index in [0.29, 0.717) is 5.92 Å². The average molecular weight is 255 g/mol. The van der Waals surface area contributed by atoms with Crippen LogP contribution in [0.5, 0.6) is 0 Å². The lowest BCUT2D eigenvalue weighted by molar-refractivity contribution is 0.459. The number of nitrogens with zero attached hydrogens (tertiary/aromatic N) is 1. The molecule has 100 valence electrons. The molecule has 2 heteroatoms. The highest BCUT2D eigenvalue weighted by molar-refractivity contribution is 5.79. The fraction of sp³-hybridized carbons (Fsp3) is 0.353. The summed E-state index contributed by atoms with van der Waals surface area (Å²) < 4.78 is 5.57. The number of aryl methyl sites for hydroxylation is 1. The van der Waals surface area contributed by atoms with Gasteiger partial charge < -0.3 is 4.42 Å². The van der Waals surface area contributed by atoms with Crippen LogP contribution in [0.2, 0.25) is 0 Å². The molecule has 0 spiro atoms. The van der Waals surface area contributed by atoms with Gasteiger partial charge in [-0.25, -0.2) is 0 Å². The van der Waals surface area contributed by atoms with E-state index in [9.17, 15) is 0 Å². The molecule has 0 radical (unpaired) electrons. The molecule has 0 saturated heterocycles. The second-order valence-corrected chi connectivity index (χ2v) is 5.22. The van der Waals surface area contributed by atoms with Crippen molar-refractivity contribution in [1.29, 1.82) is 0 Å². The number of rotatable bonds is 4. The van der Waals surface area contributed by atoms with Crippen LogP contribution in [0.4, 0.5) is 0 Å². The van der Waals surface area contributed by atoms with Crippen molar-refractivity contribution >= 4 is 6.21 Å². The monoisotopic (exact) mass is 255 g/mol. The maximum absolute atomic E-state index is 5.57. The Morgan fingerprint density at radius 3 is 2.21 bits per heavy atom. The van der Waals surface area contributed by atoms with Crippen molar-refractivity contribution < 1.29 is 4.42 Å². The lowest BCUT2D eigenvalue weighted by Crippen LogP contribution is -1.91. The van der Waals surface area contributed by atoms with E-state index >= 15 is 0 Å². The Bertz CT molecular complexity index is 549. The first-order chi connectivity index (χ1) is 9.06. The summed E-state index contributed by atoms with van der Waals surface area (Å²) in [7, 11) is 0. The second-order valence-electron chi connectivity index (χ2n) is 5.22. The smallest absolute Gasteiger partial charge is 0.128 e. The molecule has 0 N–H and O–H groups in total. The number of benzene rings is 1. The van der Waals surface area contributed by atoms with E-state index in [1.165, 1.54) is 5.56 Å². The molecule has 2 nitrogen and oxygen atoms in total. The number of furan rings is 1. The molecule has 2 aromatic rings. The van der Waals surface area contributed by atoms with Crippen LogP contribution in [0.1, 0.15) is 55.4 Å². The Hall–Kier alpha value is -1.83. The van der Waals surface area contributed by atoms with Gasteiger partial charge in [0.05, 0.1) is 0 Å². The van der Waals surface area contributed by atoms with Crippen molar-refractivity contribution in [2.75, 3.05) is 0 Å². The van der Waals surface area contributed by atoms with Gasteiger partial charge in [-0.15, -0.1) is 0 Å². The van der Waals surface area contributed by atoms with Crippen molar-refractivity contribution in [2.45, 2.75) is 39.7 Å². The molecule has 1 atom stereocenters. The molecule has 0 aliphatic rings. The zero-order chi connectivity index (χ0) is 13.8. The lowest BCUT2D eigenvalue weighted by atomic mass is 10.0. The van der Waals surface area contributed by atoms with Crippen LogP contribution in [-0.4, -0.2) is 6.21 Å². The average Bonchev–Trinajstić information content (AvgIpc) is 2.83. The molecule has 0 unspecified atom stereocenters. The Kier molecular flexibility index (Phi) is 4.20. The quantitative estimate of drug-likeness (QED) is 0.714. The zero-order valence-corrected chi connectivity index (χ0v) is 12.1. The summed E-state index contributed by atoms with van der Waals surface area (Å²) in [6.07, 6.45) is 1.91. The van der Waals surface area contributed by atoms with Crippen molar-refractivity contribution in [2.24, 2.45) is 4.99 Å². The molecule has 1 aromatic carbocycles. The molecule has 0 aliphatic heterocycles. The van der Waals surface area contributed by atoms with Crippen molar-refractivity contribution in [3.63, 3.8) is 0 Å². The molecule has 0 fully saturated rings. The predicted molar refractivity (Wildman–Crippen MR) is 80.0 cm³/mol. The van der Waals surface area contributed by atoms with E-state index in [-0.39, 0.29) is 6.04 Å². The zero-order valence-electron chi connectivity index (χ0n) is 12.1. The van der Waals surface area contributed by atoms with Crippen molar-refractivity contribution in [3.8, 4) is 0 Å². The first kappa shape index (κ1) is 13.6. The first-order valence-electron chi connectivity index (χ1n) is 6.75. The van der Waals surface area contributed by atoms with Crippen LogP contribution in [-0.2, 0) is 0 Å². The van der Waals surface area contributed by atoms with Gasteiger partial charge in [-0.1, -0.05) is 38.1 Å². The maximum Gasteiger partial charge on any atom is 0.128 e. The molecule has 0 saturated carbocycles. The van der Waals surface area contributed by atoms with Crippen LogP contribution >= 0.6 is 0 Å². The lowest BCUT2D eigenvalue weighted by Gasteiger charge is -2.05. The minimum absolute atomic E-state index is 0.0541. The Morgan fingerprint density at radius 1 is 1.00 bits per heavy atom. The van der Waals surface area contributed by atoms with Crippen LogP contribution < -0.4 is 0 Å². The van der Waals surface area contributed by atoms with Crippen LogP contribution in [0.15, 0.2) is 45.8 Å². The van der Waals surface area contributed by atoms with Gasteiger partial charge in [-0.05, 0) is 43.0 Å². The molecule has 0 aliphatic carbocycles. The van der Waals surface area contributed by atoms with Gasteiger partial charge >= 0.3 is 0 Å². The number of hydrogen-bond donors (Lipinski definition) is 0. The Balaban J connectivity index is 2.05. The SMILES string of the molecule is Cc1ccc([C@H](C)N=Cc2ccc(C(C)C)cc2)o1. The summed E-state index contributed by atoms with van der Waals surface area (Å²) in [6, 6.07) is 12.6. The maximum atomic E-state index is 5.57. The summed E-state index contributed by atoms with van der Waals surface area (Å²) in [4.78, 5) is 4.53. The summed E-state index contributed by atoms with van der Waals surface area (Å²) in [5.74, 6) is 2.40. The van der Waals surface area contributed by atoms with Gasteiger partial charge in [0.15, 0.2) is 0 Å². The van der Waals surface area contributed by atoms with Gasteiger partial charge in [0.1, 0.15) is 17.6 Å². The minimum atomic E-state index is 0.0541. The summed E-state index contributed by atoms with van der Waals surface area (Å²) in [6.45, 7) is 8.39. The minimum Gasteiger partial charge on any atom is -0.464 e. The highest BCUT2D eigenvalue weighted by Crippen LogP contribution is 2.19. The van der Waals surface area contributed by atoms with E-state index in [1.807, 2.05) is 32.2 Å². The third-order valence-corrected chi connectivity index (χ3v) is 3.22. The van der Waals surface area contributed by atoms with E-state index in [2.05, 4.69) is 43.1 Å². The molecule has 1 aromatic heterocycles. The van der Waals surface area contributed by atoms with Gasteiger partial charge in [0.25, 0.3) is 0 Å². The second kappa shape index (κ2) is 5.87. The largest absolute Gasteiger partial charge is 0.464 e. The Labute approximate surface area is 115 Å². The summed E-state index contributed by atoms with van der Waals surface area (Å²) in [5.41, 5.74) is 2.48. The van der Waals surface area contributed by atoms with Gasteiger partial charge in [-0.3, -0.25) is 4.99 Å². The molecule has 1 heterocycles. The van der Waals surface area contributed by atoms with Crippen LogP contribution in [0, 0.1) is 6.92 Å².